The Labute approximate surface area is 146 Å². The van der Waals surface area contributed by atoms with Crippen LogP contribution in [-0.4, -0.2) is 17.7 Å². The van der Waals surface area contributed by atoms with Crippen molar-refractivity contribution in [2.75, 3.05) is 10.6 Å². The molecule has 6 nitrogen and oxygen atoms in total. The number of hydrogen-bond acceptors (Lipinski definition) is 3. The van der Waals surface area contributed by atoms with Crippen LogP contribution in [0.2, 0.25) is 0 Å². The Morgan fingerprint density at radius 3 is 2.04 bits per heavy atom. The number of nitrogens with one attached hydrogen (secondary N) is 2. The molecule has 0 fully saturated rings. The molecule has 0 aromatic heterocycles. The minimum absolute atomic E-state index is 0.0462. The monoisotopic (exact) mass is 339 g/mol. The average Bonchev–Trinajstić information content (AvgIpc) is 2.56. The molecule has 0 saturated carbocycles. The molecule has 0 atom stereocenters. The number of carbonyl (C=O) groups is 3. The third-order valence-electron chi connectivity index (χ3n) is 3.43. The number of hydrogen-bond donors (Lipinski definition) is 3. The van der Waals surface area contributed by atoms with E-state index in [1.807, 2.05) is 13.8 Å². The van der Waals surface area contributed by atoms with Crippen LogP contribution in [0.5, 0.6) is 0 Å². The first-order chi connectivity index (χ1) is 11.8. The highest BCUT2D eigenvalue weighted by molar-refractivity contribution is 6.06. The van der Waals surface area contributed by atoms with Gasteiger partial charge in [0.1, 0.15) is 0 Å². The van der Waals surface area contributed by atoms with Crippen LogP contribution in [0.25, 0.3) is 0 Å². The molecular weight excluding hydrogens is 318 g/mol. The molecule has 4 N–H and O–H groups in total. The van der Waals surface area contributed by atoms with E-state index in [0.717, 1.165) is 0 Å². The zero-order chi connectivity index (χ0) is 18.4. The second-order valence-corrected chi connectivity index (χ2v) is 6.12. The summed E-state index contributed by atoms with van der Waals surface area (Å²) in [5.74, 6) is -0.694. The van der Waals surface area contributed by atoms with Gasteiger partial charge in [0.2, 0.25) is 11.8 Å². The largest absolute Gasteiger partial charge is 0.366 e. The quantitative estimate of drug-likeness (QED) is 0.754. The number of amides is 3. The number of carbonyl (C=O) groups excluding carboxylic acids is 3. The molecule has 0 saturated heterocycles. The highest BCUT2D eigenvalue weighted by atomic mass is 16.2. The first-order valence-electron chi connectivity index (χ1n) is 7.96. The number of primary amides is 1. The minimum atomic E-state index is -0.587. The normalized spacial score (nSPS) is 10.4. The summed E-state index contributed by atoms with van der Waals surface area (Å²) in [5, 5.41) is 5.54. The molecule has 0 unspecified atom stereocenters. The van der Waals surface area contributed by atoms with E-state index in [-0.39, 0.29) is 23.3 Å². The second-order valence-electron chi connectivity index (χ2n) is 6.12. The van der Waals surface area contributed by atoms with Gasteiger partial charge in [-0.25, -0.2) is 0 Å². The molecule has 0 radical (unpaired) electrons. The van der Waals surface area contributed by atoms with Crippen LogP contribution < -0.4 is 16.4 Å². The molecule has 2 rings (SSSR count). The minimum Gasteiger partial charge on any atom is -0.366 e. The molecule has 0 aliphatic rings. The Balaban J connectivity index is 2.01. The fourth-order valence-corrected chi connectivity index (χ4v) is 2.24. The highest BCUT2D eigenvalue weighted by Gasteiger charge is 2.09. The van der Waals surface area contributed by atoms with Crippen LogP contribution in [0.15, 0.2) is 48.5 Å². The van der Waals surface area contributed by atoms with Crippen molar-refractivity contribution in [2.24, 2.45) is 11.7 Å². The zero-order valence-corrected chi connectivity index (χ0v) is 14.2. The van der Waals surface area contributed by atoms with Crippen LogP contribution in [0.1, 0.15) is 41.0 Å². The van der Waals surface area contributed by atoms with Gasteiger partial charge in [-0.05, 0) is 48.4 Å². The van der Waals surface area contributed by atoms with Crippen molar-refractivity contribution in [1.82, 2.24) is 0 Å². The van der Waals surface area contributed by atoms with Crippen molar-refractivity contribution >= 4 is 29.1 Å². The third kappa shape index (κ3) is 5.46. The summed E-state index contributed by atoms with van der Waals surface area (Å²) in [5.41, 5.74) is 7.08. The topological polar surface area (TPSA) is 101 Å². The smallest absolute Gasteiger partial charge is 0.255 e. The standard InChI is InChI=1S/C19H21N3O3/c1-12(2)10-17(23)21-15-6-8-16(9-7-15)22-19(25)14-5-3-4-13(11-14)18(20)24/h3-9,11-12H,10H2,1-2H3,(H2,20,24)(H,21,23)(H,22,25). The maximum absolute atomic E-state index is 12.2. The fourth-order valence-electron chi connectivity index (χ4n) is 2.24. The summed E-state index contributed by atoms with van der Waals surface area (Å²) >= 11 is 0. The fraction of sp³-hybridized carbons (Fsp3) is 0.211. The molecule has 3 amide bonds. The van der Waals surface area contributed by atoms with Gasteiger partial charge >= 0.3 is 0 Å². The molecule has 25 heavy (non-hydrogen) atoms. The van der Waals surface area contributed by atoms with E-state index in [1.165, 1.54) is 6.07 Å². The van der Waals surface area contributed by atoms with Crippen molar-refractivity contribution in [1.29, 1.82) is 0 Å². The Bertz CT molecular complexity index is 783. The van der Waals surface area contributed by atoms with E-state index in [9.17, 15) is 14.4 Å². The van der Waals surface area contributed by atoms with Gasteiger partial charge in [0, 0.05) is 28.9 Å². The summed E-state index contributed by atoms with van der Waals surface area (Å²) in [6.07, 6.45) is 0.453. The SMILES string of the molecule is CC(C)CC(=O)Nc1ccc(NC(=O)c2cccc(C(N)=O)c2)cc1. The van der Waals surface area contributed by atoms with Crippen molar-refractivity contribution in [2.45, 2.75) is 20.3 Å². The van der Waals surface area contributed by atoms with Crippen LogP contribution in [-0.2, 0) is 4.79 Å². The van der Waals surface area contributed by atoms with Crippen LogP contribution in [0.4, 0.5) is 11.4 Å². The third-order valence-corrected chi connectivity index (χ3v) is 3.43. The Kier molecular flexibility index (Phi) is 5.89. The zero-order valence-electron chi connectivity index (χ0n) is 14.2. The molecular formula is C19H21N3O3. The van der Waals surface area contributed by atoms with Crippen molar-refractivity contribution < 1.29 is 14.4 Å². The molecule has 0 aliphatic heterocycles. The lowest BCUT2D eigenvalue weighted by Crippen LogP contribution is -2.15. The molecule has 2 aromatic rings. The van der Waals surface area contributed by atoms with Crippen molar-refractivity contribution in [3.05, 3.63) is 59.7 Å². The van der Waals surface area contributed by atoms with Crippen molar-refractivity contribution in [3.63, 3.8) is 0 Å². The first kappa shape index (κ1) is 18.2. The van der Waals surface area contributed by atoms with E-state index in [2.05, 4.69) is 10.6 Å². The molecule has 0 bridgehead atoms. The van der Waals surface area contributed by atoms with Crippen LogP contribution in [0, 0.1) is 5.92 Å². The van der Waals surface area contributed by atoms with Crippen LogP contribution in [0.3, 0.4) is 0 Å². The molecule has 2 aromatic carbocycles. The van der Waals surface area contributed by atoms with Crippen LogP contribution >= 0.6 is 0 Å². The summed E-state index contributed by atoms with van der Waals surface area (Å²) in [6.45, 7) is 3.96. The molecule has 130 valence electrons. The molecule has 6 heteroatoms. The predicted octanol–water partition coefficient (Wildman–Crippen LogP) is 3.02. The average molecular weight is 339 g/mol. The number of benzene rings is 2. The number of rotatable bonds is 6. The molecule has 0 heterocycles. The van der Waals surface area contributed by atoms with Gasteiger partial charge in [-0.2, -0.15) is 0 Å². The highest BCUT2D eigenvalue weighted by Crippen LogP contribution is 2.16. The van der Waals surface area contributed by atoms with Gasteiger partial charge in [0.15, 0.2) is 0 Å². The van der Waals surface area contributed by atoms with E-state index < -0.39 is 5.91 Å². The van der Waals surface area contributed by atoms with Crippen molar-refractivity contribution in [3.8, 4) is 0 Å². The van der Waals surface area contributed by atoms with Gasteiger partial charge < -0.3 is 16.4 Å². The maximum Gasteiger partial charge on any atom is 0.255 e. The summed E-state index contributed by atoms with van der Waals surface area (Å²) in [7, 11) is 0. The lowest BCUT2D eigenvalue weighted by molar-refractivity contribution is -0.116. The van der Waals surface area contributed by atoms with E-state index in [0.29, 0.717) is 23.4 Å². The predicted molar refractivity (Wildman–Crippen MR) is 97.4 cm³/mol. The van der Waals surface area contributed by atoms with E-state index in [1.54, 1.807) is 42.5 Å². The van der Waals surface area contributed by atoms with Gasteiger partial charge in [0.05, 0.1) is 0 Å². The lowest BCUT2D eigenvalue weighted by Gasteiger charge is -2.09. The Hall–Kier alpha value is -3.15. The summed E-state index contributed by atoms with van der Waals surface area (Å²) in [6, 6.07) is 13.0. The number of nitrogens with two attached hydrogens (primary N) is 1. The van der Waals surface area contributed by atoms with Gasteiger partial charge in [0.25, 0.3) is 5.91 Å². The maximum atomic E-state index is 12.2. The Morgan fingerprint density at radius 1 is 0.920 bits per heavy atom. The molecule has 0 aliphatic carbocycles. The lowest BCUT2D eigenvalue weighted by atomic mass is 10.1. The van der Waals surface area contributed by atoms with Gasteiger partial charge in [-0.1, -0.05) is 19.9 Å². The van der Waals surface area contributed by atoms with E-state index in [4.69, 9.17) is 5.73 Å². The Morgan fingerprint density at radius 2 is 1.48 bits per heavy atom. The van der Waals surface area contributed by atoms with Gasteiger partial charge in [-0.3, -0.25) is 14.4 Å². The summed E-state index contributed by atoms with van der Waals surface area (Å²) in [4.78, 5) is 35.2. The molecule has 0 spiro atoms. The second kappa shape index (κ2) is 8.10. The summed E-state index contributed by atoms with van der Waals surface area (Å²) < 4.78 is 0. The van der Waals surface area contributed by atoms with Gasteiger partial charge in [-0.15, -0.1) is 0 Å². The number of anilines is 2. The van der Waals surface area contributed by atoms with E-state index >= 15 is 0 Å². The first-order valence-corrected chi connectivity index (χ1v) is 7.96.